The first-order chi connectivity index (χ1) is 13.1. The van der Waals surface area contributed by atoms with E-state index in [9.17, 15) is 5.26 Å². The van der Waals surface area contributed by atoms with Crippen LogP contribution in [-0.2, 0) is 0 Å². The SMILES string of the molecule is CCOc1ccc(-c2cc(-c3ccc(Cl)cc3)nc(N)c2C#N)cc1OC. The fourth-order valence-corrected chi connectivity index (χ4v) is 2.91. The normalized spacial score (nSPS) is 10.3. The van der Waals surface area contributed by atoms with Crippen LogP contribution in [0.4, 0.5) is 5.82 Å². The Morgan fingerprint density at radius 3 is 2.41 bits per heavy atom. The Balaban J connectivity index is 2.17. The first-order valence-electron chi connectivity index (χ1n) is 8.35. The van der Waals surface area contributed by atoms with E-state index in [0.29, 0.717) is 39.9 Å². The highest BCUT2D eigenvalue weighted by atomic mass is 35.5. The van der Waals surface area contributed by atoms with E-state index in [0.717, 1.165) is 11.1 Å². The van der Waals surface area contributed by atoms with Crippen molar-refractivity contribution in [3.63, 3.8) is 0 Å². The van der Waals surface area contributed by atoms with Crippen molar-refractivity contribution >= 4 is 17.4 Å². The number of nitrogens with two attached hydrogens (primary N) is 1. The number of aromatic nitrogens is 1. The highest BCUT2D eigenvalue weighted by Crippen LogP contribution is 2.36. The highest BCUT2D eigenvalue weighted by Gasteiger charge is 2.15. The number of rotatable bonds is 5. The zero-order valence-corrected chi connectivity index (χ0v) is 15.7. The monoisotopic (exact) mass is 379 g/mol. The summed E-state index contributed by atoms with van der Waals surface area (Å²) in [5, 5.41) is 10.2. The van der Waals surface area contributed by atoms with Gasteiger partial charge in [0, 0.05) is 16.1 Å². The Bertz CT molecular complexity index is 1010. The molecule has 136 valence electrons. The number of benzene rings is 2. The van der Waals surface area contributed by atoms with Crippen LogP contribution in [0.1, 0.15) is 12.5 Å². The molecule has 0 atom stereocenters. The fraction of sp³-hybridized carbons (Fsp3) is 0.143. The van der Waals surface area contributed by atoms with Gasteiger partial charge in [0.2, 0.25) is 0 Å². The van der Waals surface area contributed by atoms with Gasteiger partial charge in [0.1, 0.15) is 17.5 Å². The summed E-state index contributed by atoms with van der Waals surface area (Å²) in [5.74, 6) is 1.40. The van der Waals surface area contributed by atoms with Crippen LogP contribution in [0.2, 0.25) is 5.02 Å². The van der Waals surface area contributed by atoms with Crippen LogP contribution in [0.15, 0.2) is 48.5 Å². The van der Waals surface area contributed by atoms with E-state index < -0.39 is 0 Å². The molecule has 0 unspecified atom stereocenters. The van der Waals surface area contributed by atoms with Crippen molar-refractivity contribution in [2.45, 2.75) is 6.92 Å². The second kappa shape index (κ2) is 7.98. The van der Waals surface area contributed by atoms with Crippen LogP contribution < -0.4 is 15.2 Å². The van der Waals surface area contributed by atoms with Gasteiger partial charge < -0.3 is 15.2 Å². The molecule has 0 aliphatic rings. The van der Waals surface area contributed by atoms with Crippen molar-refractivity contribution in [3.05, 3.63) is 59.1 Å². The maximum atomic E-state index is 9.58. The molecule has 6 heteroatoms. The zero-order chi connectivity index (χ0) is 19.4. The molecule has 0 amide bonds. The van der Waals surface area contributed by atoms with Crippen molar-refractivity contribution in [1.82, 2.24) is 4.98 Å². The van der Waals surface area contributed by atoms with Crippen LogP contribution in [0.25, 0.3) is 22.4 Å². The molecule has 1 heterocycles. The van der Waals surface area contributed by atoms with Gasteiger partial charge in [-0.2, -0.15) is 5.26 Å². The molecule has 0 aliphatic carbocycles. The molecule has 3 rings (SSSR count). The van der Waals surface area contributed by atoms with Crippen LogP contribution in [-0.4, -0.2) is 18.7 Å². The van der Waals surface area contributed by atoms with Crippen LogP contribution in [0.5, 0.6) is 11.5 Å². The van der Waals surface area contributed by atoms with Gasteiger partial charge in [0.05, 0.1) is 19.4 Å². The average Bonchev–Trinajstić information content (AvgIpc) is 2.68. The molecule has 0 fully saturated rings. The number of hydrogen-bond donors (Lipinski definition) is 1. The molecule has 5 nitrogen and oxygen atoms in total. The van der Waals surface area contributed by atoms with E-state index >= 15 is 0 Å². The second-order valence-corrected chi connectivity index (χ2v) is 6.17. The molecule has 2 aromatic carbocycles. The fourth-order valence-electron chi connectivity index (χ4n) is 2.79. The number of halogens is 1. The lowest BCUT2D eigenvalue weighted by Crippen LogP contribution is -2.00. The molecule has 3 aromatic rings. The molecule has 0 aliphatic heterocycles. The van der Waals surface area contributed by atoms with Crippen LogP contribution >= 0.6 is 11.6 Å². The number of pyridine rings is 1. The summed E-state index contributed by atoms with van der Waals surface area (Å²) in [6.07, 6.45) is 0. The molecule has 0 radical (unpaired) electrons. The summed E-state index contributed by atoms with van der Waals surface area (Å²) in [6.45, 7) is 2.44. The number of nitrogens with zero attached hydrogens (tertiary/aromatic N) is 2. The molecule has 0 bridgehead atoms. The van der Waals surface area contributed by atoms with Gasteiger partial charge in [-0.25, -0.2) is 4.98 Å². The zero-order valence-electron chi connectivity index (χ0n) is 15.0. The largest absolute Gasteiger partial charge is 0.493 e. The molecule has 0 spiro atoms. The Morgan fingerprint density at radius 2 is 1.78 bits per heavy atom. The number of hydrogen-bond acceptors (Lipinski definition) is 5. The van der Waals surface area contributed by atoms with Gasteiger partial charge in [-0.05, 0) is 42.8 Å². The maximum absolute atomic E-state index is 9.58. The minimum Gasteiger partial charge on any atom is -0.493 e. The molecule has 27 heavy (non-hydrogen) atoms. The Kier molecular flexibility index (Phi) is 5.49. The summed E-state index contributed by atoms with van der Waals surface area (Å²) in [6, 6.07) is 16.8. The van der Waals surface area contributed by atoms with E-state index in [1.165, 1.54) is 0 Å². The smallest absolute Gasteiger partial charge is 0.161 e. The van der Waals surface area contributed by atoms with E-state index in [2.05, 4.69) is 11.1 Å². The minimum absolute atomic E-state index is 0.174. The first-order valence-corrected chi connectivity index (χ1v) is 8.73. The third kappa shape index (κ3) is 3.81. The standard InChI is InChI=1S/C21H18ClN3O2/c1-3-27-19-9-6-14(10-20(19)26-2)16-11-18(25-21(24)17(16)12-23)13-4-7-15(22)8-5-13/h4-11H,3H2,1-2H3,(H2,24,25). The maximum Gasteiger partial charge on any atom is 0.161 e. The minimum atomic E-state index is 0.174. The lowest BCUT2D eigenvalue weighted by atomic mass is 9.98. The predicted molar refractivity (Wildman–Crippen MR) is 107 cm³/mol. The Labute approximate surface area is 162 Å². The summed E-state index contributed by atoms with van der Waals surface area (Å²) in [5.41, 5.74) is 9.37. The van der Waals surface area contributed by atoms with E-state index in [4.69, 9.17) is 26.8 Å². The second-order valence-electron chi connectivity index (χ2n) is 5.73. The van der Waals surface area contributed by atoms with Crippen molar-refractivity contribution in [1.29, 1.82) is 5.26 Å². The Hall–Kier alpha value is -3.23. The molecule has 0 saturated heterocycles. The van der Waals surface area contributed by atoms with Crippen LogP contribution in [0, 0.1) is 11.3 Å². The quantitative estimate of drug-likeness (QED) is 0.679. The molecular formula is C21H18ClN3O2. The number of nitrogen functional groups attached to an aromatic ring is 1. The highest BCUT2D eigenvalue weighted by molar-refractivity contribution is 6.30. The molecule has 0 saturated carbocycles. The van der Waals surface area contributed by atoms with E-state index in [1.54, 1.807) is 19.2 Å². The lowest BCUT2D eigenvalue weighted by Gasteiger charge is -2.13. The van der Waals surface area contributed by atoms with Crippen molar-refractivity contribution in [2.75, 3.05) is 19.5 Å². The number of anilines is 1. The van der Waals surface area contributed by atoms with Gasteiger partial charge in [0.15, 0.2) is 11.5 Å². The summed E-state index contributed by atoms with van der Waals surface area (Å²) >= 11 is 5.97. The third-order valence-corrected chi connectivity index (χ3v) is 4.33. The number of methoxy groups -OCH3 is 1. The topological polar surface area (TPSA) is 81.2 Å². The van der Waals surface area contributed by atoms with Gasteiger partial charge >= 0.3 is 0 Å². The number of nitriles is 1. The summed E-state index contributed by atoms with van der Waals surface area (Å²) in [4.78, 5) is 4.38. The lowest BCUT2D eigenvalue weighted by molar-refractivity contribution is 0.311. The summed E-state index contributed by atoms with van der Waals surface area (Å²) in [7, 11) is 1.58. The van der Waals surface area contributed by atoms with Crippen LogP contribution in [0.3, 0.4) is 0 Å². The number of ether oxygens (including phenoxy) is 2. The average molecular weight is 380 g/mol. The van der Waals surface area contributed by atoms with Gasteiger partial charge in [-0.15, -0.1) is 0 Å². The van der Waals surface area contributed by atoms with Gasteiger partial charge in [0.25, 0.3) is 0 Å². The van der Waals surface area contributed by atoms with Crippen molar-refractivity contribution < 1.29 is 9.47 Å². The van der Waals surface area contributed by atoms with Gasteiger partial charge in [-0.1, -0.05) is 29.8 Å². The first kappa shape index (κ1) is 18.6. The third-order valence-electron chi connectivity index (χ3n) is 4.07. The van der Waals surface area contributed by atoms with Gasteiger partial charge in [-0.3, -0.25) is 0 Å². The van der Waals surface area contributed by atoms with Crippen molar-refractivity contribution in [2.24, 2.45) is 0 Å². The van der Waals surface area contributed by atoms with E-state index in [-0.39, 0.29) is 5.82 Å². The van der Waals surface area contributed by atoms with Crippen molar-refractivity contribution in [3.8, 4) is 40.0 Å². The molecular weight excluding hydrogens is 362 g/mol. The molecule has 1 aromatic heterocycles. The Morgan fingerprint density at radius 1 is 1.07 bits per heavy atom. The molecule has 2 N–H and O–H groups in total. The predicted octanol–water partition coefficient (Wildman–Crippen LogP) is 4.93. The summed E-state index contributed by atoms with van der Waals surface area (Å²) < 4.78 is 11.0. The van der Waals surface area contributed by atoms with E-state index in [1.807, 2.05) is 43.3 Å².